The second-order valence-electron chi connectivity index (χ2n) is 7.44. The van der Waals surface area contributed by atoms with Crippen molar-refractivity contribution in [3.63, 3.8) is 0 Å². The number of benzene rings is 1. The minimum atomic E-state index is -0.696. The van der Waals surface area contributed by atoms with E-state index in [-0.39, 0.29) is 23.6 Å². The molecule has 1 amide bonds. The number of nitrogens with zero attached hydrogens (tertiary/aromatic N) is 3. The Morgan fingerprint density at radius 2 is 2.07 bits per heavy atom. The lowest BCUT2D eigenvalue weighted by molar-refractivity contribution is 0.0995. The molecule has 2 atom stereocenters. The van der Waals surface area contributed by atoms with Crippen molar-refractivity contribution in [3.8, 4) is 5.75 Å². The summed E-state index contributed by atoms with van der Waals surface area (Å²) in [5.41, 5.74) is 12.7. The molecule has 0 spiro atoms. The van der Waals surface area contributed by atoms with Gasteiger partial charge in [-0.05, 0) is 43.5 Å². The van der Waals surface area contributed by atoms with Gasteiger partial charge in [0.25, 0.3) is 5.91 Å². The van der Waals surface area contributed by atoms with Crippen molar-refractivity contribution < 1.29 is 9.53 Å². The molecular weight excluding hydrogens is 402 g/mol. The first-order valence-corrected chi connectivity index (χ1v) is 10.7. The molecule has 1 aromatic carbocycles. The van der Waals surface area contributed by atoms with Gasteiger partial charge in [-0.3, -0.25) is 4.79 Å². The van der Waals surface area contributed by atoms with Gasteiger partial charge in [-0.2, -0.15) is 4.98 Å². The third-order valence-electron chi connectivity index (χ3n) is 5.43. The first-order chi connectivity index (χ1) is 14.5. The second kappa shape index (κ2) is 8.41. The highest BCUT2D eigenvalue weighted by atomic mass is 32.1. The third-order valence-corrected chi connectivity index (χ3v) is 6.62. The maximum Gasteiger partial charge on any atom is 0.273 e. The van der Waals surface area contributed by atoms with Gasteiger partial charge < -0.3 is 26.8 Å². The summed E-state index contributed by atoms with van der Waals surface area (Å²) in [6, 6.07) is 6.01. The van der Waals surface area contributed by atoms with E-state index in [4.69, 9.17) is 16.2 Å². The summed E-state index contributed by atoms with van der Waals surface area (Å²) in [6.07, 6.45) is 4.14. The predicted molar refractivity (Wildman–Crippen MR) is 119 cm³/mol. The van der Waals surface area contributed by atoms with Crippen LogP contribution in [0.3, 0.4) is 0 Å². The molecule has 4 rings (SSSR count). The van der Waals surface area contributed by atoms with Crippen molar-refractivity contribution in [1.82, 2.24) is 15.2 Å². The van der Waals surface area contributed by atoms with E-state index in [1.807, 2.05) is 25.1 Å². The van der Waals surface area contributed by atoms with Crippen molar-refractivity contribution in [2.75, 3.05) is 17.7 Å². The highest BCUT2D eigenvalue weighted by Crippen LogP contribution is 2.38. The molecule has 1 fully saturated rings. The molecule has 0 radical (unpaired) electrons. The molecule has 1 aliphatic carbocycles. The van der Waals surface area contributed by atoms with E-state index < -0.39 is 5.91 Å². The Labute approximate surface area is 178 Å². The smallest absolute Gasteiger partial charge is 0.273 e. The van der Waals surface area contributed by atoms with E-state index >= 15 is 0 Å². The summed E-state index contributed by atoms with van der Waals surface area (Å²) in [7, 11) is 1.64. The van der Waals surface area contributed by atoms with E-state index in [0.717, 1.165) is 52.1 Å². The zero-order valence-electron chi connectivity index (χ0n) is 16.9. The fourth-order valence-electron chi connectivity index (χ4n) is 3.70. The summed E-state index contributed by atoms with van der Waals surface area (Å²) in [6.45, 7) is 2.00. The highest BCUT2D eigenvalue weighted by Gasteiger charge is 2.24. The van der Waals surface area contributed by atoms with Gasteiger partial charge in [-0.1, -0.05) is 12.8 Å². The number of carbonyl (C=O) groups is 1. The summed E-state index contributed by atoms with van der Waals surface area (Å²) in [5.74, 6) is 0.682. The van der Waals surface area contributed by atoms with Crippen LogP contribution in [0.4, 0.5) is 16.8 Å². The van der Waals surface area contributed by atoms with Crippen molar-refractivity contribution in [2.45, 2.75) is 44.7 Å². The molecule has 1 saturated carbocycles. The number of nitrogens with one attached hydrogen (secondary N) is 2. The maximum absolute atomic E-state index is 11.9. The van der Waals surface area contributed by atoms with E-state index in [0.29, 0.717) is 5.95 Å². The summed E-state index contributed by atoms with van der Waals surface area (Å²) in [5, 5.41) is 16.5. The Morgan fingerprint density at radius 1 is 1.27 bits per heavy atom. The van der Waals surface area contributed by atoms with Crippen molar-refractivity contribution in [1.29, 1.82) is 0 Å². The topological polar surface area (TPSA) is 141 Å². The Kier molecular flexibility index (Phi) is 5.69. The highest BCUT2D eigenvalue weighted by molar-refractivity contribution is 7.23. The molecule has 0 bridgehead atoms. The van der Waals surface area contributed by atoms with Gasteiger partial charge in [0.2, 0.25) is 5.95 Å². The number of nitrogens with two attached hydrogens (primary N) is 2. The predicted octanol–water partition coefficient (Wildman–Crippen LogP) is 2.93. The number of ether oxygens (including phenoxy) is 1. The number of anilines is 3. The van der Waals surface area contributed by atoms with Crippen molar-refractivity contribution >= 4 is 44.1 Å². The van der Waals surface area contributed by atoms with Gasteiger partial charge in [0.1, 0.15) is 5.75 Å². The lowest BCUT2D eigenvalue weighted by Gasteiger charge is -2.29. The molecule has 3 aromatic rings. The van der Waals surface area contributed by atoms with Gasteiger partial charge in [-0.15, -0.1) is 21.5 Å². The number of aryl methyl sites for hydroxylation is 1. The van der Waals surface area contributed by atoms with Crippen LogP contribution in [0.15, 0.2) is 18.2 Å². The van der Waals surface area contributed by atoms with Gasteiger partial charge >= 0.3 is 0 Å². The van der Waals surface area contributed by atoms with E-state index in [2.05, 4.69) is 25.8 Å². The molecule has 0 unspecified atom stereocenters. The molecular formula is C20H25N7O2S. The molecule has 2 aromatic heterocycles. The van der Waals surface area contributed by atoms with Crippen molar-refractivity contribution in [3.05, 3.63) is 29.5 Å². The van der Waals surface area contributed by atoms with Crippen molar-refractivity contribution in [2.24, 2.45) is 11.5 Å². The minimum Gasteiger partial charge on any atom is -0.497 e. The number of thiophene rings is 1. The fourth-order valence-corrected chi connectivity index (χ4v) is 4.79. The van der Waals surface area contributed by atoms with Crippen LogP contribution in [0, 0.1) is 6.92 Å². The van der Waals surface area contributed by atoms with E-state index in [1.165, 1.54) is 0 Å². The lowest BCUT2D eigenvalue weighted by atomic mass is 9.91. The Balaban J connectivity index is 1.66. The molecule has 10 heteroatoms. The minimum absolute atomic E-state index is 0.0112. The maximum atomic E-state index is 11.9. The fraction of sp³-hybridized carbons (Fsp3) is 0.400. The Bertz CT molecular complexity index is 1080. The standard InChI is InChI=1S/C20H25N7O2S/c1-10-12-9-11(29-2)7-8-15(12)30-19(10)24-18-16(17(22)28)26-27-20(25-18)23-14-6-4-3-5-13(14)21/h7-9,13-14H,3-6,21H2,1-2H3,(H2,22,28)(H2,23,24,25,27)/t13-,14+/m0/s1. The molecule has 2 heterocycles. The number of rotatable bonds is 6. The molecule has 158 valence electrons. The van der Waals surface area contributed by atoms with Crippen LogP contribution < -0.4 is 26.8 Å². The van der Waals surface area contributed by atoms with Crippen LogP contribution >= 0.6 is 11.3 Å². The number of fused-ring (bicyclic) bond motifs is 1. The molecule has 0 aliphatic heterocycles. The average Bonchev–Trinajstić information content (AvgIpc) is 3.04. The largest absolute Gasteiger partial charge is 0.497 e. The third kappa shape index (κ3) is 4.01. The first-order valence-electron chi connectivity index (χ1n) is 9.87. The first kappa shape index (κ1) is 20.3. The van der Waals surface area contributed by atoms with Crippen LogP contribution in [-0.4, -0.2) is 40.3 Å². The van der Waals surface area contributed by atoms with Gasteiger partial charge in [-0.25, -0.2) is 0 Å². The van der Waals surface area contributed by atoms with Crippen LogP contribution in [0.5, 0.6) is 5.75 Å². The number of primary amides is 1. The van der Waals surface area contributed by atoms with Crippen LogP contribution in [0.1, 0.15) is 41.7 Å². The SMILES string of the molecule is COc1ccc2sc(Nc3nc(N[C@@H]4CCCC[C@@H]4N)nnc3C(N)=O)c(C)c2c1. The van der Waals surface area contributed by atoms with E-state index in [1.54, 1.807) is 18.4 Å². The van der Waals surface area contributed by atoms with Crippen LogP contribution in [-0.2, 0) is 0 Å². The molecule has 9 nitrogen and oxygen atoms in total. The number of aromatic nitrogens is 3. The monoisotopic (exact) mass is 427 g/mol. The number of carbonyl (C=O) groups excluding carboxylic acids is 1. The Morgan fingerprint density at radius 3 is 2.80 bits per heavy atom. The van der Waals surface area contributed by atoms with Gasteiger partial charge in [0.15, 0.2) is 11.5 Å². The summed E-state index contributed by atoms with van der Waals surface area (Å²) >= 11 is 1.55. The number of hydrogen-bond donors (Lipinski definition) is 4. The molecule has 0 saturated heterocycles. The van der Waals surface area contributed by atoms with Gasteiger partial charge in [0.05, 0.1) is 12.1 Å². The Hall–Kier alpha value is -2.98. The second-order valence-corrected chi connectivity index (χ2v) is 8.49. The summed E-state index contributed by atoms with van der Waals surface area (Å²) < 4.78 is 6.41. The zero-order chi connectivity index (χ0) is 21.3. The normalized spacial score (nSPS) is 18.9. The number of amides is 1. The lowest BCUT2D eigenvalue weighted by Crippen LogP contribution is -2.43. The van der Waals surface area contributed by atoms with Crippen LogP contribution in [0.25, 0.3) is 10.1 Å². The van der Waals surface area contributed by atoms with Crippen LogP contribution in [0.2, 0.25) is 0 Å². The molecule has 1 aliphatic rings. The number of methoxy groups -OCH3 is 1. The van der Waals surface area contributed by atoms with E-state index in [9.17, 15) is 4.79 Å². The molecule has 6 N–H and O–H groups in total. The molecule has 30 heavy (non-hydrogen) atoms. The average molecular weight is 428 g/mol. The number of hydrogen-bond acceptors (Lipinski definition) is 9. The zero-order valence-corrected chi connectivity index (χ0v) is 17.8. The quantitative estimate of drug-likeness (QED) is 0.470. The van der Waals surface area contributed by atoms with Gasteiger partial charge in [0, 0.05) is 22.2 Å². The summed E-state index contributed by atoms with van der Waals surface area (Å²) in [4.78, 5) is 16.4.